The van der Waals surface area contributed by atoms with Crippen LogP contribution < -0.4 is 9.62 Å². The molecule has 0 aliphatic carbocycles. The number of aryl methyl sites for hydroxylation is 1. The molecule has 4 aromatic rings. The molecular weight excluding hydrogens is 700 g/mol. The molecule has 47 heavy (non-hydrogen) atoms. The molecule has 4 rings (SSSR count). The maximum absolute atomic E-state index is 14.6. The van der Waals surface area contributed by atoms with Crippen molar-refractivity contribution in [2.45, 2.75) is 50.6 Å². The van der Waals surface area contributed by atoms with Gasteiger partial charge in [0.1, 0.15) is 12.6 Å². The summed E-state index contributed by atoms with van der Waals surface area (Å²) in [4.78, 5) is 29.8. The van der Waals surface area contributed by atoms with Crippen molar-refractivity contribution in [2.24, 2.45) is 0 Å². The molecule has 2 amide bonds. The van der Waals surface area contributed by atoms with Crippen molar-refractivity contribution in [1.82, 2.24) is 10.2 Å². The van der Waals surface area contributed by atoms with Crippen LogP contribution in [0.2, 0.25) is 20.1 Å². The second kappa shape index (κ2) is 16.7. The van der Waals surface area contributed by atoms with E-state index in [2.05, 4.69) is 5.32 Å². The lowest BCUT2D eigenvalue weighted by atomic mass is 10.0. The van der Waals surface area contributed by atoms with Crippen molar-refractivity contribution >= 4 is 73.9 Å². The fourth-order valence-corrected chi connectivity index (χ4v) is 7.25. The van der Waals surface area contributed by atoms with Gasteiger partial charge in [0.25, 0.3) is 10.0 Å². The average Bonchev–Trinajstić information content (AvgIpc) is 3.04. The highest BCUT2D eigenvalue weighted by Crippen LogP contribution is 2.34. The minimum atomic E-state index is -4.35. The Kier molecular flexibility index (Phi) is 13.0. The SMILES string of the molecule is CCCCNC(=O)[C@@H](Cc1ccccc1)N(Cc1ccc(Cl)cc1Cl)C(=O)CN(c1cc(Cl)ccc1Cl)S(=O)(=O)c1ccc(C)cc1. The number of sulfonamides is 1. The van der Waals surface area contributed by atoms with Crippen LogP contribution in [0.1, 0.15) is 36.5 Å². The summed E-state index contributed by atoms with van der Waals surface area (Å²) in [6.07, 6.45) is 1.77. The maximum Gasteiger partial charge on any atom is 0.264 e. The van der Waals surface area contributed by atoms with E-state index in [4.69, 9.17) is 46.4 Å². The Morgan fingerprint density at radius 3 is 2.15 bits per heavy atom. The summed E-state index contributed by atoms with van der Waals surface area (Å²) in [6.45, 7) is 3.47. The van der Waals surface area contributed by atoms with Gasteiger partial charge >= 0.3 is 0 Å². The molecule has 0 unspecified atom stereocenters. The molecule has 0 bridgehead atoms. The number of benzene rings is 4. The highest BCUT2D eigenvalue weighted by molar-refractivity contribution is 7.92. The number of unbranched alkanes of at least 4 members (excludes halogenated alkanes) is 1. The van der Waals surface area contributed by atoms with E-state index in [-0.39, 0.29) is 39.5 Å². The highest BCUT2D eigenvalue weighted by atomic mass is 35.5. The summed E-state index contributed by atoms with van der Waals surface area (Å²) >= 11 is 25.6. The zero-order chi connectivity index (χ0) is 34.1. The fourth-order valence-electron chi connectivity index (χ4n) is 4.92. The molecule has 1 atom stereocenters. The molecule has 0 saturated heterocycles. The molecule has 0 aliphatic heterocycles. The molecule has 0 aliphatic rings. The van der Waals surface area contributed by atoms with E-state index >= 15 is 0 Å². The summed E-state index contributed by atoms with van der Waals surface area (Å²) in [5.74, 6) is -1.04. The number of carbonyl (C=O) groups is 2. The molecule has 0 aromatic heterocycles. The molecule has 7 nitrogen and oxygen atoms in total. The average molecular weight is 736 g/mol. The van der Waals surface area contributed by atoms with Crippen LogP contribution in [-0.2, 0) is 32.6 Å². The minimum absolute atomic E-state index is 0.0181. The summed E-state index contributed by atoms with van der Waals surface area (Å²) < 4.78 is 29.4. The van der Waals surface area contributed by atoms with E-state index < -0.39 is 28.5 Å². The van der Waals surface area contributed by atoms with Crippen LogP contribution in [0.25, 0.3) is 0 Å². The molecule has 0 saturated carbocycles. The summed E-state index contributed by atoms with van der Waals surface area (Å²) in [5.41, 5.74) is 2.21. The van der Waals surface area contributed by atoms with E-state index in [1.807, 2.05) is 44.2 Å². The Morgan fingerprint density at radius 2 is 1.49 bits per heavy atom. The van der Waals surface area contributed by atoms with Crippen molar-refractivity contribution in [3.8, 4) is 0 Å². The zero-order valence-electron chi connectivity index (χ0n) is 25.9. The third-order valence-electron chi connectivity index (χ3n) is 7.52. The number of carbonyl (C=O) groups excluding carboxylic acids is 2. The van der Waals surface area contributed by atoms with Gasteiger partial charge in [-0.1, -0.05) is 114 Å². The van der Waals surface area contributed by atoms with Gasteiger partial charge in [0, 0.05) is 34.6 Å². The Balaban J connectivity index is 1.84. The highest BCUT2D eigenvalue weighted by Gasteiger charge is 2.35. The third-order valence-corrected chi connectivity index (χ3v) is 10.4. The monoisotopic (exact) mass is 733 g/mol. The Labute approximate surface area is 296 Å². The molecule has 0 heterocycles. The topological polar surface area (TPSA) is 86.8 Å². The summed E-state index contributed by atoms with van der Waals surface area (Å²) in [6, 6.07) is 23.8. The van der Waals surface area contributed by atoms with Gasteiger partial charge < -0.3 is 10.2 Å². The molecule has 0 fully saturated rings. The summed E-state index contributed by atoms with van der Waals surface area (Å²) in [7, 11) is -4.35. The van der Waals surface area contributed by atoms with E-state index in [9.17, 15) is 18.0 Å². The van der Waals surface area contributed by atoms with Gasteiger partial charge in [-0.25, -0.2) is 8.42 Å². The second-order valence-electron chi connectivity index (χ2n) is 11.0. The van der Waals surface area contributed by atoms with Crippen molar-refractivity contribution in [3.05, 3.63) is 128 Å². The number of nitrogens with one attached hydrogen (secondary N) is 1. The Bertz CT molecular complexity index is 1810. The van der Waals surface area contributed by atoms with Gasteiger partial charge in [0.15, 0.2) is 0 Å². The fraction of sp³-hybridized carbons (Fsp3) is 0.257. The van der Waals surface area contributed by atoms with Gasteiger partial charge in [0.2, 0.25) is 11.8 Å². The zero-order valence-corrected chi connectivity index (χ0v) is 29.8. The maximum atomic E-state index is 14.6. The van der Waals surface area contributed by atoms with Crippen LogP contribution in [0.15, 0.2) is 95.9 Å². The standard InChI is InChI=1S/C35H35Cl4N3O4S/c1-3-4-18-40-35(44)33(19-25-8-6-5-7-9-25)41(22-26-12-13-27(36)20-31(26)39)34(43)23-42(32-21-28(37)14-17-30(32)38)47(45,46)29-15-10-24(2)11-16-29/h5-17,20-21,33H,3-4,18-19,22-23H2,1-2H3,(H,40,44)/t33-/m1/s1. The quantitative estimate of drug-likeness (QED) is 0.132. The van der Waals surface area contributed by atoms with Crippen molar-refractivity contribution in [1.29, 1.82) is 0 Å². The van der Waals surface area contributed by atoms with Gasteiger partial charge in [0.05, 0.1) is 15.6 Å². The van der Waals surface area contributed by atoms with Crippen LogP contribution >= 0.6 is 46.4 Å². The van der Waals surface area contributed by atoms with Crippen LogP contribution in [0, 0.1) is 6.92 Å². The molecule has 4 aromatic carbocycles. The first-order chi connectivity index (χ1) is 22.4. The molecule has 248 valence electrons. The lowest BCUT2D eigenvalue weighted by Gasteiger charge is -2.34. The van der Waals surface area contributed by atoms with E-state index in [1.165, 1.54) is 35.2 Å². The molecule has 1 N–H and O–H groups in total. The number of hydrogen-bond donors (Lipinski definition) is 1. The van der Waals surface area contributed by atoms with Crippen LogP contribution in [0.4, 0.5) is 5.69 Å². The van der Waals surface area contributed by atoms with Crippen LogP contribution in [-0.4, -0.2) is 44.3 Å². The van der Waals surface area contributed by atoms with E-state index in [0.717, 1.165) is 28.3 Å². The van der Waals surface area contributed by atoms with Gasteiger partial charge in [-0.15, -0.1) is 0 Å². The largest absolute Gasteiger partial charge is 0.354 e. The Hall–Kier alpha value is -3.27. The predicted molar refractivity (Wildman–Crippen MR) is 191 cm³/mol. The van der Waals surface area contributed by atoms with Crippen molar-refractivity contribution < 1.29 is 18.0 Å². The molecular formula is C35H35Cl4N3O4S. The molecule has 0 radical (unpaired) electrons. The van der Waals surface area contributed by atoms with Gasteiger partial charge in [-0.05, 0) is 66.9 Å². The van der Waals surface area contributed by atoms with Crippen LogP contribution in [0.3, 0.4) is 0 Å². The molecule has 12 heteroatoms. The predicted octanol–water partition coefficient (Wildman–Crippen LogP) is 8.36. The first-order valence-corrected chi connectivity index (χ1v) is 18.0. The third kappa shape index (κ3) is 9.64. The number of halogens is 4. The second-order valence-corrected chi connectivity index (χ2v) is 14.6. The number of rotatable bonds is 14. The lowest BCUT2D eigenvalue weighted by molar-refractivity contribution is -0.140. The van der Waals surface area contributed by atoms with Crippen molar-refractivity contribution in [3.63, 3.8) is 0 Å². The van der Waals surface area contributed by atoms with Gasteiger partial charge in [-0.3, -0.25) is 13.9 Å². The lowest BCUT2D eigenvalue weighted by Crippen LogP contribution is -2.53. The molecule has 0 spiro atoms. The normalized spacial score (nSPS) is 12.0. The number of anilines is 1. The first-order valence-electron chi connectivity index (χ1n) is 15.0. The van der Waals surface area contributed by atoms with E-state index in [1.54, 1.807) is 30.3 Å². The van der Waals surface area contributed by atoms with Crippen molar-refractivity contribution in [2.75, 3.05) is 17.4 Å². The smallest absolute Gasteiger partial charge is 0.264 e. The minimum Gasteiger partial charge on any atom is -0.354 e. The summed E-state index contributed by atoms with van der Waals surface area (Å²) in [5, 5.41) is 3.95. The number of hydrogen-bond acceptors (Lipinski definition) is 4. The number of amides is 2. The Morgan fingerprint density at radius 1 is 0.830 bits per heavy atom. The number of nitrogens with zero attached hydrogens (tertiary/aromatic N) is 2. The van der Waals surface area contributed by atoms with Crippen LogP contribution in [0.5, 0.6) is 0 Å². The van der Waals surface area contributed by atoms with Gasteiger partial charge in [-0.2, -0.15) is 0 Å². The first kappa shape index (κ1) is 36.6. The van der Waals surface area contributed by atoms with E-state index in [0.29, 0.717) is 22.2 Å².